The first kappa shape index (κ1) is 13.1. The van der Waals surface area contributed by atoms with Gasteiger partial charge in [0.15, 0.2) is 0 Å². The molecular formula is C13H17NO3S. The first-order valence-electron chi connectivity index (χ1n) is 6.02. The van der Waals surface area contributed by atoms with Crippen molar-refractivity contribution in [3.8, 4) is 0 Å². The van der Waals surface area contributed by atoms with Gasteiger partial charge < -0.3 is 10.1 Å². The number of rotatable bonds is 5. The fourth-order valence-electron chi connectivity index (χ4n) is 1.93. The summed E-state index contributed by atoms with van der Waals surface area (Å²) in [6.07, 6.45) is 1.13. The summed E-state index contributed by atoms with van der Waals surface area (Å²) in [5.74, 6) is 0.319. The lowest BCUT2D eigenvalue weighted by Crippen LogP contribution is -2.31. The zero-order chi connectivity index (χ0) is 13.1. The molecule has 0 spiro atoms. The summed E-state index contributed by atoms with van der Waals surface area (Å²) in [5, 5.41) is 4.88. The Morgan fingerprint density at radius 1 is 1.61 bits per heavy atom. The maximum absolute atomic E-state index is 11.9. The van der Waals surface area contributed by atoms with E-state index in [-0.39, 0.29) is 30.3 Å². The molecule has 0 saturated heterocycles. The number of nitrogens with one attached hydrogen (secondary N) is 1. The molecule has 4 nitrogen and oxygen atoms in total. The number of amides is 1. The van der Waals surface area contributed by atoms with Gasteiger partial charge in [-0.25, -0.2) is 0 Å². The predicted octanol–water partition coefficient (Wildman–Crippen LogP) is 2.12. The molecule has 2 rings (SSSR count). The Hall–Kier alpha value is -1.36. The summed E-state index contributed by atoms with van der Waals surface area (Å²) >= 11 is 1.54. The third-order valence-corrected chi connectivity index (χ3v) is 4.23. The number of methoxy groups -OCH3 is 1. The molecule has 5 heteroatoms. The van der Waals surface area contributed by atoms with Crippen LogP contribution in [-0.4, -0.2) is 19.0 Å². The Bertz CT molecular complexity index is 429. The second-order valence-electron chi connectivity index (χ2n) is 4.68. The van der Waals surface area contributed by atoms with Crippen molar-refractivity contribution >= 4 is 23.2 Å². The lowest BCUT2D eigenvalue weighted by atomic mass is 10.1. The fraction of sp³-hybridized carbons (Fsp3) is 0.538. The van der Waals surface area contributed by atoms with Crippen LogP contribution < -0.4 is 5.32 Å². The van der Waals surface area contributed by atoms with Crippen LogP contribution in [0.25, 0.3) is 0 Å². The average molecular weight is 267 g/mol. The first-order chi connectivity index (χ1) is 8.61. The van der Waals surface area contributed by atoms with Crippen LogP contribution in [0.1, 0.15) is 30.7 Å². The molecule has 1 aromatic rings. The van der Waals surface area contributed by atoms with Crippen molar-refractivity contribution in [3.05, 3.63) is 22.4 Å². The number of ether oxygens (including phenoxy) is 1. The second-order valence-corrected chi connectivity index (χ2v) is 5.66. The van der Waals surface area contributed by atoms with Gasteiger partial charge in [-0.2, -0.15) is 0 Å². The average Bonchev–Trinajstić information content (AvgIpc) is 2.87. The van der Waals surface area contributed by atoms with Crippen LogP contribution in [0.5, 0.6) is 0 Å². The van der Waals surface area contributed by atoms with E-state index in [4.69, 9.17) is 0 Å². The van der Waals surface area contributed by atoms with E-state index >= 15 is 0 Å². The standard InChI is InChI=1S/C13H17NO3S/c1-8-6-9(8)13(16)14-10(7-12(15)17-2)11-4-3-5-18-11/h3-5,8-10H,6-7H2,1-2H3,(H,14,16). The third kappa shape index (κ3) is 3.10. The van der Waals surface area contributed by atoms with E-state index in [9.17, 15) is 9.59 Å². The number of hydrogen-bond donors (Lipinski definition) is 1. The van der Waals surface area contributed by atoms with Crippen molar-refractivity contribution in [2.75, 3.05) is 7.11 Å². The van der Waals surface area contributed by atoms with Crippen LogP contribution in [0, 0.1) is 11.8 Å². The molecule has 0 bridgehead atoms. The van der Waals surface area contributed by atoms with Crippen LogP contribution in [0.4, 0.5) is 0 Å². The van der Waals surface area contributed by atoms with Gasteiger partial charge in [-0.15, -0.1) is 11.3 Å². The summed E-state index contributed by atoms with van der Waals surface area (Å²) < 4.78 is 4.67. The number of thiophene rings is 1. The highest BCUT2D eigenvalue weighted by Gasteiger charge is 2.40. The second kappa shape index (κ2) is 5.52. The molecule has 98 valence electrons. The molecule has 1 aromatic heterocycles. The largest absolute Gasteiger partial charge is 0.469 e. The van der Waals surface area contributed by atoms with E-state index < -0.39 is 0 Å². The maximum Gasteiger partial charge on any atom is 0.307 e. The molecule has 0 aromatic carbocycles. The molecule has 0 aliphatic heterocycles. The Morgan fingerprint density at radius 3 is 2.83 bits per heavy atom. The van der Waals surface area contributed by atoms with Gasteiger partial charge in [0, 0.05) is 10.8 Å². The summed E-state index contributed by atoms with van der Waals surface area (Å²) in [6, 6.07) is 3.57. The minimum absolute atomic E-state index is 0.0461. The van der Waals surface area contributed by atoms with Gasteiger partial charge in [0.25, 0.3) is 0 Å². The van der Waals surface area contributed by atoms with E-state index in [1.807, 2.05) is 17.5 Å². The first-order valence-corrected chi connectivity index (χ1v) is 6.90. The van der Waals surface area contributed by atoms with Crippen molar-refractivity contribution in [2.45, 2.75) is 25.8 Å². The summed E-state index contributed by atoms with van der Waals surface area (Å²) in [7, 11) is 1.36. The quantitative estimate of drug-likeness (QED) is 0.831. The van der Waals surface area contributed by atoms with Gasteiger partial charge in [0.05, 0.1) is 19.6 Å². The number of carbonyl (C=O) groups is 2. The molecule has 1 N–H and O–H groups in total. The Morgan fingerprint density at radius 2 is 2.33 bits per heavy atom. The normalized spacial score (nSPS) is 23.2. The van der Waals surface area contributed by atoms with Crippen molar-refractivity contribution in [1.82, 2.24) is 5.32 Å². The molecule has 1 aliphatic rings. The van der Waals surface area contributed by atoms with Crippen molar-refractivity contribution < 1.29 is 14.3 Å². The van der Waals surface area contributed by atoms with Crippen molar-refractivity contribution in [1.29, 1.82) is 0 Å². The zero-order valence-corrected chi connectivity index (χ0v) is 11.3. The minimum atomic E-state index is -0.308. The minimum Gasteiger partial charge on any atom is -0.469 e. The van der Waals surface area contributed by atoms with Crippen molar-refractivity contribution in [3.63, 3.8) is 0 Å². The molecule has 1 amide bonds. The van der Waals surface area contributed by atoms with Gasteiger partial charge in [0.1, 0.15) is 0 Å². The number of hydrogen-bond acceptors (Lipinski definition) is 4. The van der Waals surface area contributed by atoms with Gasteiger partial charge in [-0.05, 0) is 23.8 Å². The monoisotopic (exact) mass is 267 g/mol. The topological polar surface area (TPSA) is 55.4 Å². The summed E-state index contributed by atoms with van der Waals surface area (Å²) in [4.78, 5) is 24.3. The highest BCUT2D eigenvalue weighted by atomic mass is 32.1. The Labute approximate surface area is 110 Å². The van der Waals surface area contributed by atoms with Crippen LogP contribution in [0.2, 0.25) is 0 Å². The van der Waals surface area contributed by atoms with Gasteiger partial charge in [-0.3, -0.25) is 9.59 Å². The SMILES string of the molecule is COC(=O)CC(NC(=O)C1CC1C)c1cccs1. The van der Waals surface area contributed by atoms with E-state index in [0.717, 1.165) is 11.3 Å². The maximum atomic E-state index is 11.9. The predicted molar refractivity (Wildman–Crippen MR) is 69.1 cm³/mol. The fourth-order valence-corrected chi connectivity index (χ4v) is 2.71. The van der Waals surface area contributed by atoms with Gasteiger partial charge in [0.2, 0.25) is 5.91 Å². The van der Waals surface area contributed by atoms with E-state index in [0.29, 0.717) is 5.92 Å². The van der Waals surface area contributed by atoms with Crippen LogP contribution in [-0.2, 0) is 14.3 Å². The van der Waals surface area contributed by atoms with Gasteiger partial charge >= 0.3 is 5.97 Å². The van der Waals surface area contributed by atoms with Crippen molar-refractivity contribution in [2.24, 2.45) is 11.8 Å². The van der Waals surface area contributed by atoms with E-state index in [1.54, 1.807) is 0 Å². The molecule has 1 saturated carbocycles. The Kier molecular flexibility index (Phi) is 4.01. The van der Waals surface area contributed by atoms with Gasteiger partial charge in [-0.1, -0.05) is 13.0 Å². The molecule has 3 unspecified atom stereocenters. The van der Waals surface area contributed by atoms with E-state index in [2.05, 4.69) is 17.0 Å². The molecule has 1 aliphatic carbocycles. The lowest BCUT2D eigenvalue weighted by Gasteiger charge is -2.16. The molecule has 3 atom stereocenters. The number of esters is 1. The highest BCUT2D eigenvalue weighted by molar-refractivity contribution is 7.10. The highest BCUT2D eigenvalue weighted by Crippen LogP contribution is 2.38. The molecular weight excluding hydrogens is 250 g/mol. The van der Waals surface area contributed by atoms with Crippen LogP contribution in [0.15, 0.2) is 17.5 Å². The lowest BCUT2D eigenvalue weighted by molar-refractivity contribution is -0.141. The zero-order valence-electron chi connectivity index (χ0n) is 10.5. The van der Waals surface area contributed by atoms with E-state index in [1.165, 1.54) is 18.4 Å². The summed E-state index contributed by atoms with van der Waals surface area (Å²) in [5.41, 5.74) is 0. The smallest absolute Gasteiger partial charge is 0.307 e. The number of carbonyl (C=O) groups excluding carboxylic acids is 2. The molecule has 1 heterocycles. The summed E-state index contributed by atoms with van der Waals surface area (Å²) in [6.45, 7) is 2.06. The third-order valence-electron chi connectivity index (χ3n) is 3.25. The molecule has 18 heavy (non-hydrogen) atoms. The molecule has 1 fully saturated rings. The van der Waals surface area contributed by atoms with Crippen LogP contribution >= 0.6 is 11.3 Å². The Balaban J connectivity index is 2.00. The molecule has 0 radical (unpaired) electrons. The van der Waals surface area contributed by atoms with Crippen LogP contribution in [0.3, 0.4) is 0 Å².